The summed E-state index contributed by atoms with van der Waals surface area (Å²) in [4.78, 5) is 2.26. The predicted molar refractivity (Wildman–Crippen MR) is 78.6 cm³/mol. The molecule has 1 heterocycles. The number of hydrogen-bond acceptors (Lipinski definition) is 4. The molecule has 2 rings (SSSR count). The molecule has 20 heavy (non-hydrogen) atoms. The summed E-state index contributed by atoms with van der Waals surface area (Å²) >= 11 is 0. The van der Waals surface area contributed by atoms with Crippen LogP contribution < -0.4 is 0 Å². The molecule has 3 atom stereocenters. The van der Waals surface area contributed by atoms with Gasteiger partial charge in [0.1, 0.15) is 0 Å². The maximum Gasteiger partial charge on any atom is 0.0936 e. The van der Waals surface area contributed by atoms with E-state index in [1.807, 2.05) is 38.1 Å². The smallest absolute Gasteiger partial charge is 0.0936 e. The van der Waals surface area contributed by atoms with Crippen molar-refractivity contribution >= 4 is 0 Å². The molecule has 4 heteroatoms. The van der Waals surface area contributed by atoms with Crippen LogP contribution >= 0.6 is 0 Å². The van der Waals surface area contributed by atoms with Gasteiger partial charge >= 0.3 is 0 Å². The van der Waals surface area contributed by atoms with Crippen LogP contribution in [-0.4, -0.2) is 53.6 Å². The van der Waals surface area contributed by atoms with Gasteiger partial charge < -0.3 is 14.9 Å². The predicted octanol–water partition coefficient (Wildman–Crippen LogP) is 1.50. The first-order chi connectivity index (χ1) is 9.58. The molecule has 0 spiro atoms. The molecule has 0 saturated carbocycles. The first-order valence-corrected chi connectivity index (χ1v) is 7.31. The minimum Gasteiger partial charge on any atom is -0.394 e. The number of aryl methyl sites for hydroxylation is 1. The maximum absolute atomic E-state index is 10.3. The van der Waals surface area contributed by atoms with Gasteiger partial charge in [0.15, 0.2) is 0 Å². The van der Waals surface area contributed by atoms with E-state index in [1.54, 1.807) is 0 Å². The van der Waals surface area contributed by atoms with Crippen LogP contribution in [0.4, 0.5) is 0 Å². The molecule has 2 N–H and O–H groups in total. The van der Waals surface area contributed by atoms with Crippen molar-refractivity contribution in [1.82, 2.24) is 4.90 Å². The van der Waals surface area contributed by atoms with E-state index in [-0.39, 0.29) is 18.8 Å². The molecule has 112 valence electrons. The summed E-state index contributed by atoms with van der Waals surface area (Å²) in [6.07, 6.45) is 0.307. The van der Waals surface area contributed by atoms with Crippen LogP contribution in [0.2, 0.25) is 0 Å². The highest BCUT2D eigenvalue weighted by atomic mass is 16.5. The van der Waals surface area contributed by atoms with Gasteiger partial charge in [-0.2, -0.15) is 0 Å². The van der Waals surface area contributed by atoms with Gasteiger partial charge in [-0.3, -0.25) is 4.90 Å². The van der Waals surface area contributed by atoms with E-state index in [0.29, 0.717) is 6.42 Å². The number of nitrogens with zero attached hydrogens (tertiary/aromatic N) is 1. The summed E-state index contributed by atoms with van der Waals surface area (Å²) < 4.78 is 5.62. The highest BCUT2D eigenvalue weighted by Crippen LogP contribution is 2.19. The third kappa shape index (κ3) is 4.28. The van der Waals surface area contributed by atoms with Crippen molar-refractivity contribution in [3.8, 4) is 0 Å². The number of rotatable bonds is 5. The first kappa shape index (κ1) is 15.4. The average Bonchev–Trinajstić information content (AvgIpc) is 2.44. The van der Waals surface area contributed by atoms with Crippen molar-refractivity contribution in [2.24, 2.45) is 0 Å². The highest BCUT2D eigenvalue weighted by molar-refractivity contribution is 5.23. The van der Waals surface area contributed by atoms with Gasteiger partial charge in [0.25, 0.3) is 0 Å². The zero-order valence-corrected chi connectivity index (χ0v) is 12.3. The molecule has 0 radical (unpaired) electrons. The lowest BCUT2D eigenvalue weighted by Gasteiger charge is -2.36. The van der Waals surface area contributed by atoms with Gasteiger partial charge in [-0.05, 0) is 25.8 Å². The minimum atomic E-state index is -0.430. The van der Waals surface area contributed by atoms with Gasteiger partial charge in [0, 0.05) is 19.6 Å². The molecule has 0 amide bonds. The Labute approximate surface area is 121 Å². The molecule has 3 unspecified atom stereocenters. The average molecular weight is 279 g/mol. The Balaban J connectivity index is 1.85. The van der Waals surface area contributed by atoms with Gasteiger partial charge in [0.05, 0.1) is 24.9 Å². The summed E-state index contributed by atoms with van der Waals surface area (Å²) in [6, 6.07) is 8.01. The zero-order chi connectivity index (χ0) is 14.5. The molecule has 1 aliphatic heterocycles. The Bertz CT molecular complexity index is 424. The van der Waals surface area contributed by atoms with Gasteiger partial charge in [-0.25, -0.2) is 0 Å². The van der Waals surface area contributed by atoms with Crippen LogP contribution in [0, 0.1) is 6.92 Å². The molecule has 1 saturated heterocycles. The Kier molecular flexibility index (Phi) is 5.54. The van der Waals surface area contributed by atoms with E-state index in [9.17, 15) is 10.2 Å². The summed E-state index contributed by atoms with van der Waals surface area (Å²) in [5.41, 5.74) is 2.15. The fourth-order valence-corrected chi connectivity index (χ4v) is 2.77. The molecule has 1 aromatic rings. The Morgan fingerprint density at radius 2 is 2.20 bits per heavy atom. The Hall–Kier alpha value is -0.940. The second kappa shape index (κ2) is 7.18. The lowest BCUT2D eigenvalue weighted by molar-refractivity contribution is -0.0967. The number of hydrogen-bond donors (Lipinski definition) is 2. The highest BCUT2D eigenvalue weighted by Gasteiger charge is 2.24. The molecular weight excluding hydrogens is 254 g/mol. The van der Waals surface area contributed by atoms with E-state index < -0.39 is 6.10 Å². The Morgan fingerprint density at radius 1 is 1.40 bits per heavy atom. The lowest BCUT2D eigenvalue weighted by Crippen LogP contribution is -2.48. The Morgan fingerprint density at radius 3 is 2.90 bits per heavy atom. The van der Waals surface area contributed by atoms with E-state index in [2.05, 4.69) is 4.90 Å². The lowest BCUT2D eigenvalue weighted by atomic mass is 10.0. The number of aliphatic hydroxyl groups excluding tert-OH is 2. The van der Waals surface area contributed by atoms with Gasteiger partial charge in [-0.15, -0.1) is 0 Å². The quantitative estimate of drug-likeness (QED) is 0.857. The third-order valence-electron chi connectivity index (χ3n) is 3.75. The standard InChI is InChI=1S/C16H25NO3/c1-12-4-3-5-14(8-12)16(19)6-7-17-9-13(2)20-15(10-17)11-18/h3-5,8,13,15-16,18-19H,6-7,9-11H2,1-2H3. The SMILES string of the molecule is Cc1cccc(C(O)CCN2CC(C)OC(CO)C2)c1. The fourth-order valence-electron chi connectivity index (χ4n) is 2.77. The fraction of sp³-hybridized carbons (Fsp3) is 0.625. The van der Waals surface area contributed by atoms with Crippen LogP contribution in [0.1, 0.15) is 30.6 Å². The summed E-state index contributed by atoms with van der Waals surface area (Å²) in [7, 11) is 0. The summed E-state index contributed by atoms with van der Waals surface area (Å²) in [5.74, 6) is 0. The molecule has 4 nitrogen and oxygen atoms in total. The number of benzene rings is 1. The third-order valence-corrected chi connectivity index (χ3v) is 3.75. The number of aliphatic hydroxyl groups is 2. The number of ether oxygens (including phenoxy) is 1. The summed E-state index contributed by atoms with van der Waals surface area (Å²) in [5, 5.41) is 19.5. The van der Waals surface area contributed by atoms with Crippen molar-refractivity contribution in [1.29, 1.82) is 0 Å². The topological polar surface area (TPSA) is 52.9 Å². The second-order valence-electron chi connectivity index (χ2n) is 5.73. The van der Waals surface area contributed by atoms with Crippen molar-refractivity contribution in [3.05, 3.63) is 35.4 Å². The van der Waals surface area contributed by atoms with E-state index in [0.717, 1.165) is 25.2 Å². The van der Waals surface area contributed by atoms with Crippen molar-refractivity contribution in [3.63, 3.8) is 0 Å². The van der Waals surface area contributed by atoms with Gasteiger partial charge in [-0.1, -0.05) is 29.8 Å². The monoisotopic (exact) mass is 279 g/mol. The number of morpholine rings is 1. The van der Waals surface area contributed by atoms with E-state index >= 15 is 0 Å². The van der Waals surface area contributed by atoms with Crippen LogP contribution in [0.25, 0.3) is 0 Å². The second-order valence-corrected chi connectivity index (χ2v) is 5.73. The van der Waals surface area contributed by atoms with E-state index in [1.165, 1.54) is 5.56 Å². The minimum absolute atomic E-state index is 0.0568. The molecular formula is C16H25NO3. The maximum atomic E-state index is 10.3. The van der Waals surface area contributed by atoms with Crippen LogP contribution in [0.5, 0.6) is 0 Å². The molecule has 1 aliphatic rings. The van der Waals surface area contributed by atoms with Crippen molar-refractivity contribution in [2.45, 2.75) is 38.6 Å². The van der Waals surface area contributed by atoms with Gasteiger partial charge in [0.2, 0.25) is 0 Å². The van der Waals surface area contributed by atoms with E-state index in [4.69, 9.17) is 4.74 Å². The zero-order valence-electron chi connectivity index (χ0n) is 12.3. The molecule has 0 aromatic heterocycles. The van der Waals surface area contributed by atoms with Crippen molar-refractivity contribution in [2.75, 3.05) is 26.2 Å². The van der Waals surface area contributed by atoms with Crippen LogP contribution in [-0.2, 0) is 4.74 Å². The summed E-state index contributed by atoms with van der Waals surface area (Å²) in [6.45, 7) is 6.52. The largest absolute Gasteiger partial charge is 0.394 e. The van der Waals surface area contributed by atoms with Crippen molar-refractivity contribution < 1.29 is 14.9 Å². The molecule has 1 aromatic carbocycles. The first-order valence-electron chi connectivity index (χ1n) is 7.31. The molecule has 0 bridgehead atoms. The molecule has 0 aliphatic carbocycles. The normalized spacial score (nSPS) is 25.6. The van der Waals surface area contributed by atoms with Crippen LogP contribution in [0.3, 0.4) is 0 Å². The van der Waals surface area contributed by atoms with Crippen LogP contribution in [0.15, 0.2) is 24.3 Å². The molecule has 1 fully saturated rings.